The Hall–Kier alpha value is -1.85. The van der Waals surface area contributed by atoms with Gasteiger partial charge in [-0.2, -0.15) is 0 Å². The number of oxime groups is 1. The first-order chi connectivity index (χ1) is 6.60. The highest BCUT2D eigenvalue weighted by Gasteiger charge is 2.13. The summed E-state index contributed by atoms with van der Waals surface area (Å²) < 4.78 is 30.2. The molecule has 0 amide bonds. The molecule has 1 aromatic rings. The third-order valence-electron chi connectivity index (χ3n) is 1.63. The maximum absolute atomic E-state index is 12.8. The zero-order chi connectivity index (χ0) is 10.7. The van der Waals surface area contributed by atoms with E-state index >= 15 is 0 Å². The van der Waals surface area contributed by atoms with Crippen molar-refractivity contribution in [2.45, 2.75) is 0 Å². The van der Waals surface area contributed by atoms with E-state index in [-0.39, 0.29) is 17.1 Å². The molecule has 0 unspecified atom stereocenters. The van der Waals surface area contributed by atoms with Crippen molar-refractivity contribution in [1.82, 2.24) is 0 Å². The van der Waals surface area contributed by atoms with Gasteiger partial charge in [-0.15, -0.1) is 0 Å². The smallest absolute Gasteiger partial charge is 0.173 e. The first-order valence-corrected chi connectivity index (χ1v) is 3.61. The maximum Gasteiger partial charge on any atom is 0.173 e. The first-order valence-electron chi connectivity index (χ1n) is 3.61. The number of nitrogens with zero attached hydrogens (tertiary/aromatic N) is 1. The molecule has 76 valence electrons. The number of halogens is 2. The van der Waals surface area contributed by atoms with Crippen LogP contribution in [0.1, 0.15) is 5.56 Å². The summed E-state index contributed by atoms with van der Waals surface area (Å²) in [5, 5.41) is 11.0. The van der Waals surface area contributed by atoms with Crippen molar-refractivity contribution < 1.29 is 18.7 Å². The van der Waals surface area contributed by atoms with Crippen LogP contribution < -0.4 is 10.5 Å². The van der Waals surface area contributed by atoms with Gasteiger partial charge < -0.3 is 15.7 Å². The number of rotatable bonds is 2. The number of hydrogen-bond donors (Lipinski definition) is 2. The Labute approximate surface area is 78.6 Å². The Balaban J connectivity index is 3.34. The number of ether oxygens (including phenoxy) is 1. The molecule has 4 nitrogen and oxygen atoms in total. The standard InChI is InChI=1S/C8H8F2N2O2/c1-14-7-3-6(10)5(9)2-4(7)8(11)12-13/h2-3,13H,1H3,(H2,11,12). The van der Waals surface area contributed by atoms with Crippen molar-refractivity contribution in [3.8, 4) is 5.75 Å². The summed E-state index contributed by atoms with van der Waals surface area (Å²) in [6.07, 6.45) is 0. The second kappa shape index (κ2) is 3.91. The van der Waals surface area contributed by atoms with E-state index in [2.05, 4.69) is 5.16 Å². The van der Waals surface area contributed by atoms with Crippen LogP contribution >= 0.6 is 0 Å². The number of methoxy groups -OCH3 is 1. The summed E-state index contributed by atoms with van der Waals surface area (Å²) in [7, 11) is 1.26. The normalized spacial score (nSPS) is 11.5. The molecule has 1 aromatic carbocycles. The fourth-order valence-electron chi connectivity index (χ4n) is 0.952. The molecule has 0 atom stereocenters. The van der Waals surface area contributed by atoms with Crippen LogP contribution in [0.2, 0.25) is 0 Å². The van der Waals surface area contributed by atoms with E-state index < -0.39 is 11.6 Å². The lowest BCUT2D eigenvalue weighted by Gasteiger charge is -2.07. The molecule has 0 aliphatic carbocycles. The summed E-state index contributed by atoms with van der Waals surface area (Å²) in [6, 6.07) is 1.62. The summed E-state index contributed by atoms with van der Waals surface area (Å²) in [5.74, 6) is -2.50. The minimum absolute atomic E-state index is 0.000741. The highest BCUT2D eigenvalue weighted by molar-refractivity contribution is 5.99. The summed E-state index contributed by atoms with van der Waals surface area (Å²) >= 11 is 0. The van der Waals surface area contributed by atoms with Crippen molar-refractivity contribution in [3.63, 3.8) is 0 Å². The number of hydrogen-bond acceptors (Lipinski definition) is 3. The van der Waals surface area contributed by atoms with Crippen LogP contribution in [-0.4, -0.2) is 18.2 Å². The number of amidine groups is 1. The van der Waals surface area contributed by atoms with E-state index in [1.807, 2.05) is 0 Å². The fourth-order valence-corrected chi connectivity index (χ4v) is 0.952. The summed E-state index contributed by atoms with van der Waals surface area (Å²) in [4.78, 5) is 0. The van der Waals surface area contributed by atoms with Gasteiger partial charge in [0, 0.05) is 6.07 Å². The third-order valence-corrected chi connectivity index (χ3v) is 1.63. The van der Waals surface area contributed by atoms with Crippen LogP contribution in [0.15, 0.2) is 17.3 Å². The predicted molar refractivity (Wildman–Crippen MR) is 45.4 cm³/mol. The Kier molecular flexibility index (Phi) is 2.85. The zero-order valence-corrected chi connectivity index (χ0v) is 7.29. The van der Waals surface area contributed by atoms with Gasteiger partial charge in [0.1, 0.15) is 5.75 Å². The average molecular weight is 202 g/mol. The van der Waals surface area contributed by atoms with Gasteiger partial charge in [-0.25, -0.2) is 8.78 Å². The molecule has 6 heteroatoms. The molecule has 0 radical (unpaired) electrons. The van der Waals surface area contributed by atoms with Crippen molar-refractivity contribution in [3.05, 3.63) is 29.3 Å². The SMILES string of the molecule is COc1cc(F)c(F)cc1/C(N)=N/O. The number of benzene rings is 1. The van der Waals surface area contributed by atoms with Gasteiger partial charge in [-0.05, 0) is 6.07 Å². The minimum Gasteiger partial charge on any atom is -0.496 e. The second-order valence-electron chi connectivity index (χ2n) is 2.45. The predicted octanol–water partition coefficient (Wildman–Crippen LogP) is 1.07. The topological polar surface area (TPSA) is 67.8 Å². The van der Waals surface area contributed by atoms with Gasteiger partial charge in [0.2, 0.25) is 0 Å². The lowest BCUT2D eigenvalue weighted by atomic mass is 10.1. The van der Waals surface area contributed by atoms with Crippen molar-refractivity contribution in [1.29, 1.82) is 0 Å². The van der Waals surface area contributed by atoms with Crippen LogP contribution in [0.3, 0.4) is 0 Å². The molecular formula is C8H8F2N2O2. The molecule has 0 spiro atoms. The van der Waals surface area contributed by atoms with Gasteiger partial charge in [-0.1, -0.05) is 5.16 Å². The van der Waals surface area contributed by atoms with E-state index in [0.29, 0.717) is 0 Å². The maximum atomic E-state index is 12.8. The molecule has 0 aliphatic heterocycles. The van der Waals surface area contributed by atoms with Gasteiger partial charge in [0.05, 0.1) is 12.7 Å². The monoisotopic (exact) mass is 202 g/mol. The molecule has 0 aromatic heterocycles. The van der Waals surface area contributed by atoms with Crippen molar-refractivity contribution >= 4 is 5.84 Å². The van der Waals surface area contributed by atoms with Gasteiger partial charge in [0.15, 0.2) is 17.5 Å². The van der Waals surface area contributed by atoms with E-state index in [4.69, 9.17) is 15.7 Å². The molecule has 0 heterocycles. The largest absolute Gasteiger partial charge is 0.496 e. The Morgan fingerprint density at radius 2 is 2.00 bits per heavy atom. The number of nitrogens with two attached hydrogens (primary N) is 1. The van der Waals surface area contributed by atoms with Crippen LogP contribution in [0.25, 0.3) is 0 Å². The lowest BCUT2D eigenvalue weighted by molar-refractivity contribution is 0.318. The highest BCUT2D eigenvalue weighted by Crippen LogP contribution is 2.21. The van der Waals surface area contributed by atoms with Gasteiger partial charge in [-0.3, -0.25) is 0 Å². The first kappa shape index (κ1) is 10.2. The molecule has 0 fully saturated rings. The Morgan fingerprint density at radius 3 is 2.50 bits per heavy atom. The fraction of sp³-hybridized carbons (Fsp3) is 0.125. The van der Waals surface area contributed by atoms with Crippen LogP contribution in [0.4, 0.5) is 8.78 Å². The highest BCUT2D eigenvalue weighted by atomic mass is 19.2. The minimum atomic E-state index is -1.09. The van der Waals surface area contributed by atoms with E-state index in [0.717, 1.165) is 12.1 Å². The molecule has 0 bridgehead atoms. The summed E-state index contributed by atoms with van der Waals surface area (Å²) in [6.45, 7) is 0. The molecular weight excluding hydrogens is 194 g/mol. The average Bonchev–Trinajstić information content (AvgIpc) is 2.20. The van der Waals surface area contributed by atoms with E-state index in [9.17, 15) is 8.78 Å². The van der Waals surface area contributed by atoms with Gasteiger partial charge in [0.25, 0.3) is 0 Å². The zero-order valence-electron chi connectivity index (χ0n) is 7.29. The molecule has 0 saturated carbocycles. The third kappa shape index (κ3) is 1.73. The van der Waals surface area contributed by atoms with Gasteiger partial charge >= 0.3 is 0 Å². The Bertz CT molecular complexity index is 380. The lowest BCUT2D eigenvalue weighted by Crippen LogP contribution is -2.15. The van der Waals surface area contributed by atoms with Crippen molar-refractivity contribution in [2.75, 3.05) is 7.11 Å². The Morgan fingerprint density at radius 1 is 1.43 bits per heavy atom. The molecule has 0 aliphatic rings. The van der Waals surface area contributed by atoms with E-state index in [1.165, 1.54) is 7.11 Å². The molecule has 14 heavy (non-hydrogen) atoms. The molecule has 3 N–H and O–H groups in total. The van der Waals surface area contributed by atoms with Crippen LogP contribution in [0.5, 0.6) is 5.75 Å². The van der Waals surface area contributed by atoms with Crippen molar-refractivity contribution in [2.24, 2.45) is 10.9 Å². The second-order valence-corrected chi connectivity index (χ2v) is 2.45. The molecule has 1 rings (SSSR count). The van der Waals surface area contributed by atoms with E-state index in [1.54, 1.807) is 0 Å². The van der Waals surface area contributed by atoms with Crippen LogP contribution in [0, 0.1) is 11.6 Å². The summed E-state index contributed by atoms with van der Waals surface area (Å²) in [5.41, 5.74) is 5.21. The molecule has 0 saturated heterocycles. The quantitative estimate of drug-likeness (QED) is 0.326. The van der Waals surface area contributed by atoms with Crippen LogP contribution in [-0.2, 0) is 0 Å².